The Morgan fingerprint density at radius 2 is 2.04 bits per heavy atom. The maximum absolute atomic E-state index is 12.5. The molecule has 1 N–H and O–H groups in total. The van der Waals surface area contributed by atoms with E-state index in [1.54, 1.807) is 12.1 Å². The van der Waals surface area contributed by atoms with Gasteiger partial charge in [-0.3, -0.25) is 0 Å². The van der Waals surface area contributed by atoms with Gasteiger partial charge in [-0.05, 0) is 36.6 Å². The third kappa shape index (κ3) is 5.48. The molecule has 1 aliphatic heterocycles. The van der Waals surface area contributed by atoms with Crippen LogP contribution in [0.15, 0.2) is 54.6 Å². The van der Waals surface area contributed by atoms with Gasteiger partial charge >= 0.3 is 6.03 Å². The Balaban J connectivity index is 1.46. The molecule has 2 aromatic carbocycles. The zero-order valence-electron chi connectivity index (χ0n) is 14.2. The van der Waals surface area contributed by atoms with E-state index in [9.17, 15) is 4.79 Å². The number of nitrogens with zero attached hydrogens (tertiary/aromatic N) is 1. The third-order valence-electron chi connectivity index (χ3n) is 4.35. The molecule has 25 heavy (non-hydrogen) atoms. The van der Waals surface area contributed by atoms with Gasteiger partial charge in [0.05, 0.1) is 13.2 Å². The molecule has 0 aliphatic carbocycles. The van der Waals surface area contributed by atoms with E-state index >= 15 is 0 Å². The van der Waals surface area contributed by atoms with Crippen LogP contribution in [0.25, 0.3) is 0 Å². The van der Waals surface area contributed by atoms with Crippen LogP contribution in [0.1, 0.15) is 18.4 Å². The SMILES string of the molecule is O=C(Nc1cccc(Cl)c1)N1CCCC(COCc2ccccc2)C1. The summed E-state index contributed by atoms with van der Waals surface area (Å²) in [6.07, 6.45) is 2.10. The number of piperidine rings is 1. The lowest BCUT2D eigenvalue weighted by molar-refractivity contribution is 0.0606. The molecule has 0 aromatic heterocycles. The maximum atomic E-state index is 12.5. The van der Waals surface area contributed by atoms with Crippen molar-refractivity contribution in [3.05, 3.63) is 65.2 Å². The molecule has 1 atom stereocenters. The van der Waals surface area contributed by atoms with Gasteiger partial charge in [-0.1, -0.05) is 48.0 Å². The number of amides is 2. The van der Waals surface area contributed by atoms with Crippen molar-refractivity contribution in [3.8, 4) is 0 Å². The summed E-state index contributed by atoms with van der Waals surface area (Å²) in [5.41, 5.74) is 1.90. The van der Waals surface area contributed by atoms with Crippen LogP contribution in [0, 0.1) is 5.92 Å². The summed E-state index contributed by atoms with van der Waals surface area (Å²) >= 11 is 5.96. The highest BCUT2D eigenvalue weighted by Gasteiger charge is 2.23. The van der Waals surface area contributed by atoms with Crippen LogP contribution in [-0.4, -0.2) is 30.6 Å². The molecule has 1 aliphatic rings. The van der Waals surface area contributed by atoms with Crippen LogP contribution in [-0.2, 0) is 11.3 Å². The number of ether oxygens (including phenoxy) is 1. The van der Waals surface area contributed by atoms with Gasteiger partial charge in [0.2, 0.25) is 0 Å². The minimum atomic E-state index is -0.0740. The lowest BCUT2D eigenvalue weighted by Gasteiger charge is -2.32. The number of likely N-dealkylation sites (tertiary alicyclic amines) is 1. The molecule has 0 bridgehead atoms. The summed E-state index contributed by atoms with van der Waals surface area (Å²) < 4.78 is 5.85. The van der Waals surface area contributed by atoms with Crippen LogP contribution >= 0.6 is 11.6 Å². The highest BCUT2D eigenvalue weighted by atomic mass is 35.5. The lowest BCUT2D eigenvalue weighted by Crippen LogP contribution is -2.43. The van der Waals surface area contributed by atoms with E-state index in [0.29, 0.717) is 24.2 Å². The number of benzene rings is 2. The fourth-order valence-corrected chi connectivity index (χ4v) is 3.26. The summed E-state index contributed by atoms with van der Waals surface area (Å²) in [7, 11) is 0. The summed E-state index contributed by atoms with van der Waals surface area (Å²) in [6, 6.07) is 17.3. The van der Waals surface area contributed by atoms with E-state index in [2.05, 4.69) is 17.4 Å². The van der Waals surface area contributed by atoms with Gasteiger partial charge in [0.15, 0.2) is 0 Å². The number of carbonyl (C=O) groups is 1. The van der Waals surface area contributed by atoms with Gasteiger partial charge < -0.3 is 15.0 Å². The quantitative estimate of drug-likeness (QED) is 0.834. The smallest absolute Gasteiger partial charge is 0.321 e. The van der Waals surface area contributed by atoms with Crippen LogP contribution < -0.4 is 5.32 Å². The van der Waals surface area contributed by atoms with Crippen molar-refractivity contribution in [1.29, 1.82) is 0 Å². The molecule has 0 spiro atoms. The van der Waals surface area contributed by atoms with E-state index in [1.807, 2.05) is 35.2 Å². The average molecular weight is 359 g/mol. The Kier molecular flexibility index (Phi) is 6.31. The maximum Gasteiger partial charge on any atom is 0.321 e. The van der Waals surface area contributed by atoms with Crippen LogP contribution in [0.3, 0.4) is 0 Å². The molecule has 1 fully saturated rings. The summed E-state index contributed by atoms with van der Waals surface area (Å²) in [4.78, 5) is 14.3. The first kappa shape index (κ1) is 17.8. The van der Waals surface area contributed by atoms with Crippen molar-refractivity contribution in [2.75, 3.05) is 25.0 Å². The van der Waals surface area contributed by atoms with Crippen molar-refractivity contribution in [2.24, 2.45) is 5.92 Å². The molecule has 0 radical (unpaired) electrons. The fourth-order valence-electron chi connectivity index (χ4n) is 3.07. The number of urea groups is 1. The van der Waals surface area contributed by atoms with Crippen LogP contribution in [0.5, 0.6) is 0 Å². The molecular weight excluding hydrogens is 336 g/mol. The van der Waals surface area contributed by atoms with E-state index in [-0.39, 0.29) is 6.03 Å². The fraction of sp³-hybridized carbons (Fsp3) is 0.350. The van der Waals surface area contributed by atoms with E-state index in [0.717, 1.165) is 31.6 Å². The minimum Gasteiger partial charge on any atom is -0.376 e. The van der Waals surface area contributed by atoms with E-state index in [4.69, 9.17) is 16.3 Å². The second-order valence-electron chi connectivity index (χ2n) is 6.40. The number of carbonyl (C=O) groups excluding carboxylic acids is 1. The Bertz CT molecular complexity index is 693. The third-order valence-corrected chi connectivity index (χ3v) is 4.58. The Labute approximate surface area is 153 Å². The summed E-state index contributed by atoms with van der Waals surface area (Å²) in [5, 5.41) is 3.53. The number of hydrogen-bond acceptors (Lipinski definition) is 2. The zero-order chi connectivity index (χ0) is 17.5. The topological polar surface area (TPSA) is 41.6 Å². The average Bonchev–Trinajstić information content (AvgIpc) is 2.63. The van der Waals surface area contributed by atoms with Crippen molar-refractivity contribution in [3.63, 3.8) is 0 Å². The first-order valence-corrected chi connectivity index (χ1v) is 9.01. The van der Waals surface area contributed by atoms with Gasteiger partial charge in [0.1, 0.15) is 0 Å². The molecule has 1 saturated heterocycles. The van der Waals surface area contributed by atoms with Crippen molar-refractivity contribution in [1.82, 2.24) is 4.90 Å². The number of anilines is 1. The monoisotopic (exact) mass is 358 g/mol. The molecule has 4 nitrogen and oxygen atoms in total. The normalized spacial score (nSPS) is 17.3. The van der Waals surface area contributed by atoms with E-state index < -0.39 is 0 Å². The van der Waals surface area contributed by atoms with Crippen LogP contribution in [0.4, 0.5) is 10.5 Å². The summed E-state index contributed by atoms with van der Waals surface area (Å²) in [6.45, 7) is 2.80. The molecule has 2 amide bonds. The molecule has 5 heteroatoms. The number of halogens is 1. The predicted octanol–water partition coefficient (Wildman–Crippen LogP) is 4.80. The van der Waals surface area contributed by atoms with Gasteiger partial charge in [-0.15, -0.1) is 0 Å². The largest absolute Gasteiger partial charge is 0.376 e. The highest BCUT2D eigenvalue weighted by molar-refractivity contribution is 6.30. The molecule has 1 unspecified atom stereocenters. The number of nitrogens with one attached hydrogen (secondary N) is 1. The Hall–Kier alpha value is -2.04. The Morgan fingerprint density at radius 1 is 1.20 bits per heavy atom. The standard InChI is InChI=1S/C20H23ClN2O2/c21-18-9-4-10-19(12-18)22-20(24)23-11-5-8-17(13-23)15-25-14-16-6-2-1-3-7-16/h1-4,6-7,9-10,12,17H,5,8,11,13-15H2,(H,22,24). The molecule has 1 heterocycles. The van der Waals surface area contributed by atoms with Gasteiger partial charge in [0, 0.05) is 29.7 Å². The van der Waals surface area contributed by atoms with Crippen molar-refractivity contribution in [2.45, 2.75) is 19.4 Å². The number of hydrogen-bond donors (Lipinski definition) is 1. The van der Waals surface area contributed by atoms with Gasteiger partial charge in [0.25, 0.3) is 0 Å². The van der Waals surface area contributed by atoms with Gasteiger partial charge in [-0.2, -0.15) is 0 Å². The minimum absolute atomic E-state index is 0.0740. The first-order chi connectivity index (χ1) is 12.2. The van der Waals surface area contributed by atoms with E-state index in [1.165, 1.54) is 5.56 Å². The van der Waals surface area contributed by atoms with Crippen molar-refractivity contribution < 1.29 is 9.53 Å². The summed E-state index contributed by atoms with van der Waals surface area (Å²) in [5.74, 6) is 0.377. The number of rotatable bonds is 5. The lowest BCUT2D eigenvalue weighted by atomic mass is 9.99. The first-order valence-electron chi connectivity index (χ1n) is 8.64. The molecule has 132 valence electrons. The van der Waals surface area contributed by atoms with Crippen LogP contribution in [0.2, 0.25) is 5.02 Å². The Morgan fingerprint density at radius 3 is 2.84 bits per heavy atom. The highest BCUT2D eigenvalue weighted by Crippen LogP contribution is 2.20. The molecular formula is C20H23ClN2O2. The molecule has 0 saturated carbocycles. The second-order valence-corrected chi connectivity index (χ2v) is 6.83. The van der Waals surface area contributed by atoms with Gasteiger partial charge in [-0.25, -0.2) is 4.79 Å². The molecule has 3 rings (SSSR count). The predicted molar refractivity (Wildman–Crippen MR) is 101 cm³/mol. The molecule has 2 aromatic rings. The second kappa shape index (κ2) is 8.88. The zero-order valence-corrected chi connectivity index (χ0v) is 14.9. The van der Waals surface area contributed by atoms with Crippen molar-refractivity contribution >= 4 is 23.3 Å².